The summed E-state index contributed by atoms with van der Waals surface area (Å²) < 4.78 is 7.30. The third-order valence-electron chi connectivity index (χ3n) is 4.66. The first-order chi connectivity index (χ1) is 9.49. The fourth-order valence-electron chi connectivity index (χ4n) is 3.36. The van der Waals surface area contributed by atoms with E-state index >= 15 is 0 Å². The predicted octanol–water partition coefficient (Wildman–Crippen LogP) is 3.51. The molecular formula is C16H22BrNO2. The van der Waals surface area contributed by atoms with E-state index in [0.29, 0.717) is 12.5 Å². The molecule has 0 amide bonds. The fraction of sp³-hybridized carbons (Fsp3) is 0.625. The maximum atomic E-state index is 10.5. The third kappa shape index (κ3) is 2.61. The molecule has 0 aromatic heterocycles. The molecule has 1 N–H and O–H groups in total. The van der Waals surface area contributed by atoms with Gasteiger partial charge in [-0.2, -0.15) is 0 Å². The van der Waals surface area contributed by atoms with E-state index in [4.69, 9.17) is 4.74 Å². The van der Waals surface area contributed by atoms with Crippen molar-refractivity contribution in [2.24, 2.45) is 0 Å². The van der Waals surface area contributed by atoms with Crippen LogP contribution in [0.1, 0.15) is 44.8 Å². The van der Waals surface area contributed by atoms with Crippen molar-refractivity contribution in [3.05, 3.63) is 28.2 Å². The van der Waals surface area contributed by atoms with Crippen molar-refractivity contribution < 1.29 is 9.84 Å². The number of hydrogen-bond acceptors (Lipinski definition) is 3. The molecule has 2 heterocycles. The number of aliphatic hydroxyl groups excluding tert-OH is 1. The minimum atomic E-state index is -0.415. The molecule has 1 aromatic carbocycles. The molecule has 20 heavy (non-hydrogen) atoms. The first kappa shape index (κ1) is 14.4. The highest BCUT2D eigenvalue weighted by atomic mass is 79.9. The number of piperidine rings is 1. The quantitative estimate of drug-likeness (QED) is 0.849. The molecule has 110 valence electrons. The van der Waals surface area contributed by atoms with Crippen molar-refractivity contribution in [1.82, 2.24) is 4.90 Å². The Morgan fingerprint density at radius 2 is 2.05 bits per heavy atom. The van der Waals surface area contributed by atoms with Crippen LogP contribution in [0.15, 0.2) is 22.7 Å². The highest BCUT2D eigenvalue weighted by molar-refractivity contribution is 9.10. The zero-order valence-corrected chi connectivity index (χ0v) is 13.7. The highest BCUT2D eigenvalue weighted by Gasteiger charge is 2.43. The number of halogens is 1. The van der Waals surface area contributed by atoms with Gasteiger partial charge in [0.15, 0.2) is 0 Å². The van der Waals surface area contributed by atoms with Gasteiger partial charge in [0, 0.05) is 35.6 Å². The van der Waals surface area contributed by atoms with Crippen molar-refractivity contribution in [2.75, 3.05) is 13.1 Å². The van der Waals surface area contributed by atoms with Gasteiger partial charge in [-0.05, 0) is 44.9 Å². The molecular weight excluding hydrogens is 318 g/mol. The number of benzene rings is 1. The maximum absolute atomic E-state index is 10.5. The van der Waals surface area contributed by atoms with E-state index in [9.17, 15) is 5.11 Å². The van der Waals surface area contributed by atoms with Crippen LogP contribution >= 0.6 is 15.9 Å². The van der Waals surface area contributed by atoms with Crippen LogP contribution < -0.4 is 4.74 Å². The number of likely N-dealkylation sites (tertiary alicyclic amines) is 1. The molecule has 0 bridgehead atoms. The van der Waals surface area contributed by atoms with Crippen LogP contribution in [0.4, 0.5) is 0 Å². The van der Waals surface area contributed by atoms with E-state index in [1.807, 2.05) is 18.2 Å². The van der Waals surface area contributed by atoms with E-state index in [1.165, 1.54) is 0 Å². The van der Waals surface area contributed by atoms with Crippen molar-refractivity contribution in [3.8, 4) is 5.75 Å². The van der Waals surface area contributed by atoms with E-state index in [1.54, 1.807) is 0 Å². The fourth-order valence-corrected chi connectivity index (χ4v) is 3.74. The largest absolute Gasteiger partial charge is 0.487 e. The van der Waals surface area contributed by atoms with Gasteiger partial charge in [0.25, 0.3) is 0 Å². The summed E-state index contributed by atoms with van der Waals surface area (Å²) in [4.78, 5) is 2.48. The lowest BCUT2D eigenvalue weighted by Gasteiger charge is -2.46. The molecule has 1 atom stereocenters. The number of rotatable bonds is 1. The predicted molar refractivity (Wildman–Crippen MR) is 83.0 cm³/mol. The van der Waals surface area contributed by atoms with Gasteiger partial charge in [0.1, 0.15) is 11.4 Å². The molecule has 1 saturated heterocycles. The third-order valence-corrected chi connectivity index (χ3v) is 5.16. The molecule has 1 fully saturated rings. The molecule has 0 radical (unpaired) electrons. The Balaban J connectivity index is 1.80. The summed E-state index contributed by atoms with van der Waals surface area (Å²) in [6.07, 6.45) is 2.29. The number of hydrogen-bond donors (Lipinski definition) is 1. The Morgan fingerprint density at radius 1 is 1.35 bits per heavy atom. The Kier molecular flexibility index (Phi) is 3.82. The minimum Gasteiger partial charge on any atom is -0.487 e. The Labute approximate surface area is 129 Å². The van der Waals surface area contributed by atoms with Crippen LogP contribution in [0.5, 0.6) is 5.75 Å². The smallest absolute Gasteiger partial charge is 0.126 e. The van der Waals surface area contributed by atoms with E-state index in [2.05, 4.69) is 34.7 Å². The van der Waals surface area contributed by atoms with Gasteiger partial charge in [-0.15, -0.1) is 0 Å². The van der Waals surface area contributed by atoms with Crippen LogP contribution in [0.25, 0.3) is 0 Å². The number of fused-ring (bicyclic) bond motifs is 1. The topological polar surface area (TPSA) is 32.7 Å². The van der Waals surface area contributed by atoms with Gasteiger partial charge in [0.05, 0.1) is 6.10 Å². The van der Waals surface area contributed by atoms with Gasteiger partial charge in [-0.3, -0.25) is 0 Å². The average Bonchev–Trinajstić information content (AvgIpc) is 2.40. The second kappa shape index (κ2) is 5.32. The monoisotopic (exact) mass is 339 g/mol. The summed E-state index contributed by atoms with van der Waals surface area (Å²) in [6, 6.07) is 6.51. The molecule has 0 saturated carbocycles. The zero-order chi connectivity index (χ0) is 14.3. The molecule has 1 spiro atoms. The highest BCUT2D eigenvalue weighted by Crippen LogP contribution is 2.45. The van der Waals surface area contributed by atoms with Crippen molar-refractivity contribution in [3.63, 3.8) is 0 Å². The number of nitrogens with zero attached hydrogens (tertiary/aromatic N) is 1. The van der Waals surface area contributed by atoms with E-state index in [-0.39, 0.29) is 5.60 Å². The van der Waals surface area contributed by atoms with E-state index < -0.39 is 6.10 Å². The standard InChI is InChI=1S/C16H22BrNO2/c1-11(2)18-7-5-16(6-8-18)10-14(19)13-9-12(17)3-4-15(13)20-16/h3-4,9,11,14,19H,5-8,10H2,1-2H3/t14-/m1/s1. The molecule has 1 aromatic rings. The van der Waals surface area contributed by atoms with Crippen molar-refractivity contribution >= 4 is 15.9 Å². The molecule has 3 nitrogen and oxygen atoms in total. The lowest BCUT2D eigenvalue weighted by molar-refractivity contribution is -0.0580. The summed E-state index contributed by atoms with van der Waals surface area (Å²) in [7, 11) is 0. The van der Waals surface area contributed by atoms with Crippen LogP contribution in [0.2, 0.25) is 0 Å². The first-order valence-corrected chi connectivity index (χ1v) is 8.19. The Morgan fingerprint density at radius 3 is 2.70 bits per heavy atom. The van der Waals surface area contributed by atoms with Crippen molar-refractivity contribution in [1.29, 1.82) is 0 Å². The van der Waals surface area contributed by atoms with E-state index in [0.717, 1.165) is 41.7 Å². The molecule has 0 aliphatic carbocycles. The summed E-state index contributed by atoms with van der Waals surface area (Å²) in [5.41, 5.74) is 0.738. The lowest BCUT2D eigenvalue weighted by atomic mass is 9.81. The summed E-state index contributed by atoms with van der Waals surface area (Å²) in [5, 5.41) is 10.5. The van der Waals surface area contributed by atoms with Gasteiger partial charge in [-0.25, -0.2) is 0 Å². The number of ether oxygens (including phenoxy) is 1. The van der Waals surface area contributed by atoms with Crippen LogP contribution in [-0.4, -0.2) is 34.7 Å². The van der Waals surface area contributed by atoms with Crippen LogP contribution in [0, 0.1) is 0 Å². The molecule has 0 unspecified atom stereocenters. The Bertz CT molecular complexity index is 495. The average molecular weight is 340 g/mol. The van der Waals surface area contributed by atoms with Gasteiger partial charge < -0.3 is 14.7 Å². The molecule has 2 aliphatic heterocycles. The van der Waals surface area contributed by atoms with Gasteiger partial charge in [-0.1, -0.05) is 15.9 Å². The molecule has 4 heteroatoms. The lowest BCUT2D eigenvalue weighted by Crippen LogP contribution is -2.51. The van der Waals surface area contributed by atoms with Gasteiger partial charge in [0.2, 0.25) is 0 Å². The Hall–Kier alpha value is -0.580. The second-order valence-electron chi connectivity index (χ2n) is 6.32. The summed E-state index contributed by atoms with van der Waals surface area (Å²) >= 11 is 3.46. The second-order valence-corrected chi connectivity index (χ2v) is 7.23. The maximum Gasteiger partial charge on any atom is 0.126 e. The summed E-state index contributed by atoms with van der Waals surface area (Å²) in [5.74, 6) is 0.852. The van der Waals surface area contributed by atoms with Crippen molar-refractivity contribution in [2.45, 2.75) is 50.9 Å². The minimum absolute atomic E-state index is 0.175. The summed E-state index contributed by atoms with van der Waals surface area (Å²) in [6.45, 7) is 6.58. The molecule has 2 aliphatic rings. The van der Waals surface area contributed by atoms with Gasteiger partial charge >= 0.3 is 0 Å². The molecule has 3 rings (SSSR count). The normalized spacial score (nSPS) is 25.6. The van der Waals surface area contributed by atoms with Crippen LogP contribution in [0.3, 0.4) is 0 Å². The SMILES string of the molecule is CC(C)N1CCC2(CC1)C[C@@H](O)c1cc(Br)ccc1O2. The number of aliphatic hydroxyl groups is 1. The van der Waals surface area contributed by atoms with Crippen LogP contribution in [-0.2, 0) is 0 Å². The first-order valence-electron chi connectivity index (χ1n) is 7.40. The zero-order valence-electron chi connectivity index (χ0n) is 12.1.